The first-order valence-electron chi connectivity index (χ1n) is 10.6. The summed E-state index contributed by atoms with van der Waals surface area (Å²) in [5.41, 5.74) is 1.92. The maximum atomic E-state index is 12.3. The summed E-state index contributed by atoms with van der Waals surface area (Å²) in [6.07, 6.45) is 5.90. The number of piperidine rings is 1. The lowest BCUT2D eigenvalue weighted by molar-refractivity contribution is -0.231. The molecule has 0 radical (unpaired) electrons. The summed E-state index contributed by atoms with van der Waals surface area (Å²) >= 11 is 1.67. The summed E-state index contributed by atoms with van der Waals surface area (Å²) in [6, 6.07) is 10.9. The van der Waals surface area contributed by atoms with Gasteiger partial charge in [0.25, 0.3) is 0 Å². The minimum Gasteiger partial charge on any atom is -0.462 e. The van der Waals surface area contributed by atoms with E-state index < -0.39 is 5.79 Å². The van der Waals surface area contributed by atoms with Gasteiger partial charge in [0, 0.05) is 55.0 Å². The van der Waals surface area contributed by atoms with Crippen molar-refractivity contribution in [1.29, 1.82) is 0 Å². The number of thiophene rings is 1. The number of amides is 1. The fraction of sp³-hybridized carbons (Fsp3) is 0.522. The van der Waals surface area contributed by atoms with Crippen LogP contribution in [0.15, 0.2) is 35.7 Å². The van der Waals surface area contributed by atoms with E-state index in [1.54, 1.807) is 18.3 Å². The second kappa shape index (κ2) is 7.74. The number of carbonyl (C=O) groups excluding carboxylic acids is 1. The topological polar surface area (TPSA) is 42.0 Å². The average molecular weight is 413 g/mol. The quantitative estimate of drug-likeness (QED) is 0.739. The third kappa shape index (κ3) is 3.81. The zero-order valence-corrected chi connectivity index (χ0v) is 17.7. The molecular formula is C23H28N2O3S. The molecule has 29 heavy (non-hydrogen) atoms. The van der Waals surface area contributed by atoms with Gasteiger partial charge in [0.05, 0.1) is 13.2 Å². The van der Waals surface area contributed by atoms with E-state index in [2.05, 4.69) is 11.0 Å². The molecule has 1 aromatic carbocycles. The summed E-state index contributed by atoms with van der Waals surface area (Å²) < 4.78 is 12.7. The van der Waals surface area contributed by atoms with Gasteiger partial charge in [-0.1, -0.05) is 12.5 Å². The molecule has 1 aromatic heterocycles. The zero-order chi connectivity index (χ0) is 19.8. The molecule has 0 N–H and O–H groups in total. The number of hydrogen-bond donors (Lipinski definition) is 0. The van der Waals surface area contributed by atoms with Crippen molar-refractivity contribution in [3.8, 4) is 5.75 Å². The van der Waals surface area contributed by atoms with E-state index in [0.29, 0.717) is 13.2 Å². The van der Waals surface area contributed by atoms with Crippen LogP contribution in [0.1, 0.15) is 49.5 Å². The molecule has 154 valence electrons. The van der Waals surface area contributed by atoms with E-state index in [1.165, 1.54) is 24.1 Å². The SMILES string of the molecule is CC(=O)N(Cc1cccs1)c1ccc2c(c1)COC1(CCN(C3CCC3)CC1)O2. The van der Waals surface area contributed by atoms with Gasteiger partial charge in [0.2, 0.25) is 11.7 Å². The highest BCUT2D eigenvalue weighted by atomic mass is 32.1. The van der Waals surface area contributed by atoms with E-state index in [4.69, 9.17) is 9.47 Å². The standard InChI is InChI=1S/C23H28N2O3S/c1-17(26)25(15-21-6-3-13-29-21)20-7-8-22-18(14-20)16-27-23(28-22)9-11-24(12-10-23)19-4-2-5-19/h3,6-8,13-14,19H,2,4-5,9-12,15-16H2,1H3. The normalized spacial score (nSPS) is 21.3. The Balaban J connectivity index is 1.29. The van der Waals surface area contributed by atoms with Gasteiger partial charge in [-0.15, -0.1) is 11.3 Å². The van der Waals surface area contributed by atoms with Gasteiger partial charge in [-0.3, -0.25) is 9.69 Å². The Morgan fingerprint density at radius 1 is 1.28 bits per heavy atom. The number of likely N-dealkylation sites (tertiary alicyclic amines) is 1. The minimum absolute atomic E-state index is 0.0378. The molecule has 3 heterocycles. The third-order valence-corrected chi connectivity index (χ3v) is 7.43. The van der Waals surface area contributed by atoms with Crippen molar-refractivity contribution in [2.75, 3.05) is 18.0 Å². The van der Waals surface area contributed by atoms with E-state index in [1.807, 2.05) is 34.5 Å². The molecule has 5 nitrogen and oxygen atoms in total. The number of ether oxygens (including phenoxy) is 2. The summed E-state index contributed by atoms with van der Waals surface area (Å²) in [7, 11) is 0. The Labute approximate surface area is 176 Å². The summed E-state index contributed by atoms with van der Waals surface area (Å²) in [6.45, 7) is 4.85. The van der Waals surface area contributed by atoms with Crippen molar-refractivity contribution in [3.63, 3.8) is 0 Å². The first-order chi connectivity index (χ1) is 14.1. The van der Waals surface area contributed by atoms with Crippen LogP contribution in [0.2, 0.25) is 0 Å². The first kappa shape index (κ1) is 19.1. The molecule has 0 atom stereocenters. The largest absolute Gasteiger partial charge is 0.462 e. The van der Waals surface area contributed by atoms with Crippen LogP contribution in [0.5, 0.6) is 5.75 Å². The number of carbonyl (C=O) groups is 1. The van der Waals surface area contributed by atoms with Gasteiger partial charge in [0.1, 0.15) is 5.75 Å². The number of fused-ring (bicyclic) bond motifs is 1. The van der Waals surface area contributed by atoms with E-state index in [0.717, 1.165) is 49.0 Å². The van der Waals surface area contributed by atoms with Gasteiger partial charge in [0.15, 0.2) is 0 Å². The van der Waals surface area contributed by atoms with E-state index in [9.17, 15) is 4.79 Å². The molecule has 1 saturated heterocycles. The van der Waals surface area contributed by atoms with E-state index in [-0.39, 0.29) is 5.91 Å². The molecule has 3 aliphatic rings. The predicted molar refractivity (Wildman–Crippen MR) is 114 cm³/mol. The van der Waals surface area contributed by atoms with Crippen LogP contribution in [0, 0.1) is 0 Å². The molecule has 0 bridgehead atoms. The molecule has 5 rings (SSSR count). The van der Waals surface area contributed by atoms with Crippen molar-refractivity contribution >= 4 is 22.9 Å². The highest BCUT2D eigenvalue weighted by molar-refractivity contribution is 7.09. The lowest BCUT2D eigenvalue weighted by Crippen LogP contribution is -2.54. The van der Waals surface area contributed by atoms with Crippen LogP contribution in [0.3, 0.4) is 0 Å². The van der Waals surface area contributed by atoms with Gasteiger partial charge in [-0.2, -0.15) is 0 Å². The molecule has 6 heteroatoms. The number of hydrogen-bond acceptors (Lipinski definition) is 5. The Kier molecular flexibility index (Phi) is 5.10. The fourth-order valence-electron chi connectivity index (χ4n) is 4.56. The highest BCUT2D eigenvalue weighted by Crippen LogP contribution is 2.40. The molecule has 2 aliphatic heterocycles. The summed E-state index contributed by atoms with van der Waals surface area (Å²) in [5.74, 6) is 0.457. The zero-order valence-electron chi connectivity index (χ0n) is 16.9. The maximum Gasteiger partial charge on any atom is 0.224 e. The Morgan fingerprint density at radius 2 is 2.10 bits per heavy atom. The third-order valence-electron chi connectivity index (χ3n) is 6.57. The predicted octanol–water partition coefficient (Wildman–Crippen LogP) is 4.55. The molecule has 2 aromatic rings. The van der Waals surface area contributed by atoms with Gasteiger partial charge < -0.3 is 14.4 Å². The van der Waals surface area contributed by atoms with Crippen LogP contribution in [0.25, 0.3) is 0 Å². The van der Waals surface area contributed by atoms with Crippen LogP contribution >= 0.6 is 11.3 Å². The average Bonchev–Trinajstić information content (AvgIpc) is 3.19. The Morgan fingerprint density at radius 3 is 2.76 bits per heavy atom. The van der Waals surface area contributed by atoms with Gasteiger partial charge in [-0.05, 0) is 42.5 Å². The number of nitrogens with zero attached hydrogens (tertiary/aromatic N) is 2. The van der Waals surface area contributed by atoms with Crippen LogP contribution in [0.4, 0.5) is 5.69 Å². The van der Waals surface area contributed by atoms with Gasteiger partial charge >= 0.3 is 0 Å². The lowest BCUT2D eigenvalue weighted by Gasteiger charge is -2.47. The first-order valence-corrected chi connectivity index (χ1v) is 11.5. The van der Waals surface area contributed by atoms with Crippen molar-refractivity contribution < 1.29 is 14.3 Å². The van der Waals surface area contributed by atoms with Crippen molar-refractivity contribution in [2.45, 2.75) is 64.0 Å². The Bertz CT molecular complexity index is 870. The second-order valence-corrected chi connectivity index (χ2v) is 9.43. The highest BCUT2D eigenvalue weighted by Gasteiger charge is 2.42. The molecule has 1 saturated carbocycles. The van der Waals surface area contributed by atoms with Crippen LogP contribution in [-0.4, -0.2) is 35.7 Å². The summed E-state index contributed by atoms with van der Waals surface area (Å²) in [4.78, 5) is 17.8. The minimum atomic E-state index is -0.480. The maximum absolute atomic E-state index is 12.3. The second-order valence-electron chi connectivity index (χ2n) is 8.40. The number of anilines is 1. The van der Waals surface area contributed by atoms with Crippen molar-refractivity contribution in [2.24, 2.45) is 0 Å². The monoisotopic (exact) mass is 412 g/mol. The van der Waals surface area contributed by atoms with Crippen LogP contribution in [-0.2, 0) is 22.7 Å². The molecule has 1 aliphatic carbocycles. The summed E-state index contributed by atoms with van der Waals surface area (Å²) in [5, 5.41) is 2.04. The molecule has 0 unspecified atom stereocenters. The molecule has 1 amide bonds. The van der Waals surface area contributed by atoms with Crippen LogP contribution < -0.4 is 9.64 Å². The molecule has 2 fully saturated rings. The fourth-order valence-corrected chi connectivity index (χ4v) is 5.25. The number of rotatable bonds is 4. The number of benzene rings is 1. The van der Waals surface area contributed by atoms with Gasteiger partial charge in [-0.25, -0.2) is 0 Å². The molecular weight excluding hydrogens is 384 g/mol. The Hall–Kier alpha value is -1.89. The smallest absolute Gasteiger partial charge is 0.224 e. The van der Waals surface area contributed by atoms with Crippen molar-refractivity contribution in [3.05, 3.63) is 46.2 Å². The van der Waals surface area contributed by atoms with Crippen molar-refractivity contribution in [1.82, 2.24) is 4.90 Å². The van der Waals surface area contributed by atoms with E-state index >= 15 is 0 Å². The lowest BCUT2D eigenvalue weighted by atomic mass is 9.89. The molecule has 1 spiro atoms.